The third kappa shape index (κ3) is 4.62. The number of rotatable bonds is 5. The Morgan fingerprint density at radius 3 is 2.62 bits per heavy atom. The Balaban J connectivity index is 1.42. The monoisotopic (exact) mass is 450 g/mol. The largest absolute Gasteiger partial charge is 0.457 e. The molecule has 0 saturated heterocycles. The van der Waals surface area contributed by atoms with Gasteiger partial charge in [0, 0.05) is 43.5 Å². The Labute approximate surface area is 188 Å². The topological polar surface area (TPSA) is 110 Å². The molecule has 0 aliphatic heterocycles. The summed E-state index contributed by atoms with van der Waals surface area (Å²) in [5, 5.41) is 13.4. The minimum atomic E-state index is -0.437. The molecule has 4 rings (SSSR count). The number of benzene rings is 2. The highest BCUT2D eigenvalue weighted by molar-refractivity contribution is 6.34. The zero-order valence-corrected chi connectivity index (χ0v) is 18.0. The summed E-state index contributed by atoms with van der Waals surface area (Å²) in [6, 6.07) is 13.1. The molecule has 2 aromatic carbocycles. The molecule has 0 spiro atoms. The molecule has 0 atom stereocenters. The second-order valence-electron chi connectivity index (χ2n) is 6.82. The Hall–Kier alpha value is -4.11. The van der Waals surface area contributed by atoms with E-state index < -0.39 is 6.03 Å². The van der Waals surface area contributed by atoms with E-state index in [1.165, 1.54) is 19.3 Å². The number of aromatic nitrogens is 3. The first-order valence-corrected chi connectivity index (χ1v) is 9.96. The summed E-state index contributed by atoms with van der Waals surface area (Å²) in [5.41, 5.74) is 2.24. The van der Waals surface area contributed by atoms with E-state index in [1.54, 1.807) is 41.2 Å². The van der Waals surface area contributed by atoms with Crippen molar-refractivity contribution in [2.45, 2.75) is 0 Å². The number of amides is 3. The van der Waals surface area contributed by atoms with Crippen LogP contribution in [0, 0.1) is 0 Å². The van der Waals surface area contributed by atoms with Crippen molar-refractivity contribution in [3.05, 3.63) is 71.6 Å². The van der Waals surface area contributed by atoms with E-state index in [4.69, 9.17) is 16.3 Å². The number of pyridine rings is 1. The van der Waals surface area contributed by atoms with Gasteiger partial charge in [-0.1, -0.05) is 11.6 Å². The first-order chi connectivity index (χ1) is 15.4. The maximum absolute atomic E-state index is 12.4. The molecule has 0 fully saturated rings. The summed E-state index contributed by atoms with van der Waals surface area (Å²) < 4.78 is 7.51. The molecule has 0 saturated carbocycles. The van der Waals surface area contributed by atoms with Crippen molar-refractivity contribution >= 4 is 45.8 Å². The predicted octanol–water partition coefficient (Wildman–Crippen LogP) is 4.42. The number of nitrogens with zero attached hydrogens (tertiary/aromatic N) is 3. The Morgan fingerprint density at radius 1 is 1.03 bits per heavy atom. The Kier molecular flexibility index (Phi) is 5.91. The van der Waals surface area contributed by atoms with Crippen LogP contribution in [0.25, 0.3) is 10.9 Å². The van der Waals surface area contributed by atoms with Crippen LogP contribution in [0.1, 0.15) is 10.5 Å². The number of nitrogens with one attached hydrogen (secondary N) is 3. The zero-order valence-electron chi connectivity index (χ0n) is 17.2. The quantitative estimate of drug-likeness (QED) is 0.417. The van der Waals surface area contributed by atoms with Gasteiger partial charge in [-0.15, -0.1) is 0 Å². The lowest BCUT2D eigenvalue weighted by molar-refractivity contribution is 0.0958. The van der Waals surface area contributed by atoms with Crippen LogP contribution in [0.5, 0.6) is 11.5 Å². The van der Waals surface area contributed by atoms with E-state index in [1.807, 2.05) is 19.2 Å². The Morgan fingerprint density at radius 2 is 1.84 bits per heavy atom. The molecule has 2 heterocycles. The van der Waals surface area contributed by atoms with E-state index in [0.717, 1.165) is 10.9 Å². The van der Waals surface area contributed by atoms with Crippen LogP contribution in [0.3, 0.4) is 0 Å². The lowest BCUT2D eigenvalue weighted by Crippen LogP contribution is -2.19. The molecule has 162 valence electrons. The van der Waals surface area contributed by atoms with Gasteiger partial charge in [0.1, 0.15) is 17.2 Å². The molecule has 32 heavy (non-hydrogen) atoms. The lowest BCUT2D eigenvalue weighted by Gasteiger charge is -2.11. The molecule has 0 aliphatic carbocycles. The minimum Gasteiger partial charge on any atom is -0.457 e. The molecule has 0 bridgehead atoms. The number of halogens is 1. The fraction of sp³-hybridized carbons (Fsp3) is 0.0909. The van der Waals surface area contributed by atoms with Crippen molar-refractivity contribution in [2.24, 2.45) is 7.05 Å². The fourth-order valence-electron chi connectivity index (χ4n) is 3.05. The predicted molar refractivity (Wildman–Crippen MR) is 123 cm³/mol. The third-order valence-corrected chi connectivity index (χ3v) is 4.93. The van der Waals surface area contributed by atoms with Gasteiger partial charge in [0.05, 0.1) is 22.4 Å². The first-order valence-electron chi connectivity index (χ1n) is 9.58. The van der Waals surface area contributed by atoms with E-state index >= 15 is 0 Å². The van der Waals surface area contributed by atoms with Crippen molar-refractivity contribution in [2.75, 3.05) is 17.7 Å². The van der Waals surface area contributed by atoms with Gasteiger partial charge < -0.3 is 20.7 Å². The van der Waals surface area contributed by atoms with Crippen molar-refractivity contribution in [1.82, 2.24) is 20.1 Å². The van der Waals surface area contributed by atoms with Gasteiger partial charge in [-0.3, -0.25) is 14.5 Å². The molecule has 10 heteroatoms. The number of aryl methyl sites for hydroxylation is 1. The summed E-state index contributed by atoms with van der Waals surface area (Å²) >= 11 is 6.32. The van der Waals surface area contributed by atoms with Gasteiger partial charge in [0.25, 0.3) is 5.91 Å². The van der Waals surface area contributed by atoms with Gasteiger partial charge >= 0.3 is 6.03 Å². The van der Waals surface area contributed by atoms with Gasteiger partial charge in [-0.05, 0) is 36.4 Å². The molecule has 4 aromatic rings. The van der Waals surface area contributed by atoms with Crippen molar-refractivity contribution < 1.29 is 14.3 Å². The molecule has 3 N–H and O–H groups in total. The summed E-state index contributed by atoms with van der Waals surface area (Å²) in [5.74, 6) is 0.553. The molecule has 0 unspecified atom stereocenters. The van der Waals surface area contributed by atoms with Crippen LogP contribution in [-0.4, -0.2) is 33.8 Å². The number of fused-ring (bicyclic) bond motifs is 1. The van der Waals surface area contributed by atoms with E-state index in [-0.39, 0.29) is 11.6 Å². The number of hydrogen-bond acceptors (Lipinski definition) is 5. The van der Waals surface area contributed by atoms with Crippen LogP contribution in [0.15, 0.2) is 60.9 Å². The van der Waals surface area contributed by atoms with Crippen molar-refractivity contribution in [3.63, 3.8) is 0 Å². The summed E-state index contributed by atoms with van der Waals surface area (Å²) in [6.45, 7) is 0. The van der Waals surface area contributed by atoms with Crippen LogP contribution in [-0.2, 0) is 7.05 Å². The number of carbonyl (C=O) groups excluding carboxylic acids is 2. The number of hydrogen-bond donors (Lipinski definition) is 3. The van der Waals surface area contributed by atoms with Gasteiger partial charge in [0.2, 0.25) is 0 Å². The fourth-order valence-corrected chi connectivity index (χ4v) is 3.27. The zero-order chi connectivity index (χ0) is 22.7. The second-order valence-corrected chi connectivity index (χ2v) is 7.23. The molecular weight excluding hydrogens is 432 g/mol. The standard InChI is InChI=1S/C22H19ClN6O3/c1-24-21(30)19-11-16(7-8-25-19)32-15-4-5-18(17(23)10-15)28-22(31)27-14-3-6-20-13(9-14)12-26-29(20)2/h3-12H,1-2H3,(H,24,30)(H2,27,28,31). The number of urea groups is 1. The smallest absolute Gasteiger partial charge is 0.323 e. The average molecular weight is 451 g/mol. The van der Waals surface area contributed by atoms with Crippen LogP contribution < -0.4 is 20.7 Å². The van der Waals surface area contributed by atoms with Crippen molar-refractivity contribution in [1.29, 1.82) is 0 Å². The maximum atomic E-state index is 12.4. The maximum Gasteiger partial charge on any atom is 0.323 e. The number of carbonyl (C=O) groups is 2. The molecule has 0 radical (unpaired) electrons. The van der Waals surface area contributed by atoms with E-state index in [2.05, 4.69) is 26.0 Å². The van der Waals surface area contributed by atoms with Gasteiger partial charge in [-0.25, -0.2) is 4.79 Å². The SMILES string of the molecule is CNC(=O)c1cc(Oc2ccc(NC(=O)Nc3ccc4c(cnn4C)c3)c(Cl)c2)ccn1. The summed E-state index contributed by atoms with van der Waals surface area (Å²) in [6.07, 6.45) is 3.21. The molecule has 2 aromatic heterocycles. The normalized spacial score (nSPS) is 10.6. The highest BCUT2D eigenvalue weighted by Crippen LogP contribution is 2.30. The average Bonchev–Trinajstić information content (AvgIpc) is 3.15. The molecular formula is C22H19ClN6O3. The lowest BCUT2D eigenvalue weighted by atomic mass is 10.2. The minimum absolute atomic E-state index is 0.232. The first kappa shape index (κ1) is 21.1. The third-order valence-electron chi connectivity index (χ3n) is 4.62. The molecule has 3 amide bonds. The number of ether oxygens (including phenoxy) is 1. The van der Waals surface area contributed by atoms with E-state index in [0.29, 0.717) is 27.9 Å². The van der Waals surface area contributed by atoms with Gasteiger partial charge in [0.15, 0.2) is 0 Å². The molecule has 9 nitrogen and oxygen atoms in total. The summed E-state index contributed by atoms with van der Waals surface area (Å²) in [4.78, 5) is 28.1. The van der Waals surface area contributed by atoms with Gasteiger partial charge in [-0.2, -0.15) is 5.10 Å². The summed E-state index contributed by atoms with van der Waals surface area (Å²) in [7, 11) is 3.38. The molecule has 0 aliphatic rings. The highest BCUT2D eigenvalue weighted by Gasteiger charge is 2.11. The van der Waals surface area contributed by atoms with Crippen molar-refractivity contribution in [3.8, 4) is 11.5 Å². The number of anilines is 2. The second kappa shape index (κ2) is 8.94. The highest BCUT2D eigenvalue weighted by atomic mass is 35.5. The van der Waals surface area contributed by atoms with Crippen LogP contribution in [0.2, 0.25) is 5.02 Å². The Bertz CT molecular complexity index is 1320. The van der Waals surface area contributed by atoms with E-state index in [9.17, 15) is 9.59 Å². The van der Waals surface area contributed by atoms with Crippen LogP contribution >= 0.6 is 11.6 Å². The van der Waals surface area contributed by atoms with Crippen LogP contribution in [0.4, 0.5) is 16.2 Å².